The lowest BCUT2D eigenvalue weighted by Crippen LogP contribution is -2.34. The number of hydrogen-bond donors (Lipinski definition) is 2. The van der Waals surface area contributed by atoms with Crippen LogP contribution >= 0.6 is 11.3 Å². The van der Waals surface area contributed by atoms with Crippen LogP contribution in [-0.2, 0) is 14.6 Å². The van der Waals surface area contributed by atoms with Crippen LogP contribution in [0.25, 0.3) is 0 Å². The second-order valence-corrected chi connectivity index (χ2v) is 11.2. The molecule has 0 spiro atoms. The van der Waals surface area contributed by atoms with Crippen molar-refractivity contribution in [3.05, 3.63) is 41.2 Å². The van der Waals surface area contributed by atoms with E-state index in [4.69, 9.17) is 5.73 Å². The van der Waals surface area contributed by atoms with Gasteiger partial charge in [0.25, 0.3) is 0 Å². The van der Waals surface area contributed by atoms with Gasteiger partial charge >= 0.3 is 6.03 Å². The molecule has 2 unspecified atom stereocenters. The summed E-state index contributed by atoms with van der Waals surface area (Å²) in [6.45, 7) is 0.990. The molecule has 1 aliphatic heterocycles. The number of amides is 3. The number of benzene rings is 1. The molecule has 1 aromatic carbocycles. The molecule has 1 aliphatic carbocycles. The molecule has 0 radical (unpaired) electrons. The Labute approximate surface area is 183 Å². The number of nitrogens with one attached hydrogen (secondary N) is 1. The zero-order chi connectivity index (χ0) is 22.2. The first-order valence-corrected chi connectivity index (χ1v) is 12.4. The molecule has 2 aliphatic rings. The number of thiazole rings is 1. The number of urea groups is 1. The van der Waals surface area contributed by atoms with Crippen molar-refractivity contribution < 1.29 is 22.4 Å². The first kappa shape index (κ1) is 21.7. The average Bonchev–Trinajstić information content (AvgIpc) is 3.37. The van der Waals surface area contributed by atoms with Gasteiger partial charge in [0.2, 0.25) is 5.91 Å². The van der Waals surface area contributed by atoms with Crippen LogP contribution in [0.1, 0.15) is 37.2 Å². The molecule has 8 nitrogen and oxygen atoms in total. The third-order valence-electron chi connectivity index (χ3n) is 5.76. The van der Waals surface area contributed by atoms with Crippen molar-refractivity contribution in [3.8, 4) is 0 Å². The standard InChI is InChI=1S/C20H23FN4O4S2/c21-17-10-23-20(30-17)24-18(26)16(9-12-7-8-25(11-12)19(22)27)13-1-3-14(4-2-13)31(28,29)15-5-6-15/h1-4,10,12,15-16H,5-9,11H2,(H2,22,27)(H,23,24,26). The first-order valence-electron chi connectivity index (χ1n) is 10.0. The molecule has 4 rings (SSSR count). The van der Waals surface area contributed by atoms with Crippen LogP contribution < -0.4 is 11.1 Å². The fraction of sp³-hybridized carbons (Fsp3) is 0.450. The average molecular weight is 467 g/mol. The van der Waals surface area contributed by atoms with E-state index >= 15 is 0 Å². The van der Waals surface area contributed by atoms with Gasteiger partial charge in [-0.05, 0) is 49.3 Å². The topological polar surface area (TPSA) is 122 Å². The second-order valence-electron chi connectivity index (χ2n) is 8.00. The summed E-state index contributed by atoms with van der Waals surface area (Å²) in [5.41, 5.74) is 6.02. The van der Waals surface area contributed by atoms with E-state index in [1.807, 2.05) is 0 Å². The van der Waals surface area contributed by atoms with Gasteiger partial charge in [0.05, 0.1) is 22.3 Å². The Bertz CT molecular complexity index is 1080. The minimum absolute atomic E-state index is 0.0613. The van der Waals surface area contributed by atoms with Crippen LogP contribution in [0.4, 0.5) is 14.3 Å². The minimum Gasteiger partial charge on any atom is -0.351 e. The highest BCUT2D eigenvalue weighted by atomic mass is 32.2. The molecule has 0 bridgehead atoms. The van der Waals surface area contributed by atoms with E-state index in [1.165, 1.54) is 12.1 Å². The van der Waals surface area contributed by atoms with Crippen molar-refractivity contribution in [2.75, 3.05) is 18.4 Å². The first-order chi connectivity index (χ1) is 14.7. The number of primary amides is 1. The van der Waals surface area contributed by atoms with Crippen LogP contribution in [0.5, 0.6) is 0 Å². The number of nitrogens with two attached hydrogens (primary N) is 1. The van der Waals surface area contributed by atoms with E-state index in [0.717, 1.165) is 17.5 Å². The molecule has 3 N–H and O–H groups in total. The second kappa shape index (κ2) is 8.54. The van der Waals surface area contributed by atoms with Gasteiger partial charge in [0, 0.05) is 13.1 Å². The van der Waals surface area contributed by atoms with Gasteiger partial charge in [-0.3, -0.25) is 4.79 Å². The Hall–Kier alpha value is -2.53. The monoisotopic (exact) mass is 466 g/mol. The number of rotatable bonds is 7. The Balaban J connectivity index is 1.55. The summed E-state index contributed by atoms with van der Waals surface area (Å²) < 4.78 is 38.2. The molecule has 2 fully saturated rings. The number of hydrogen-bond acceptors (Lipinski definition) is 6. The highest BCUT2D eigenvalue weighted by Gasteiger charge is 2.37. The maximum atomic E-state index is 13.3. The van der Waals surface area contributed by atoms with E-state index in [0.29, 0.717) is 44.3 Å². The van der Waals surface area contributed by atoms with Gasteiger partial charge in [0.1, 0.15) is 0 Å². The van der Waals surface area contributed by atoms with E-state index < -0.39 is 26.9 Å². The molecular formula is C20H23FN4O4S2. The van der Waals surface area contributed by atoms with Crippen molar-refractivity contribution >= 4 is 38.2 Å². The molecular weight excluding hydrogens is 443 g/mol. The van der Waals surface area contributed by atoms with E-state index in [-0.39, 0.29) is 27.1 Å². The normalized spacial score (nSPS) is 19.9. The molecule has 166 valence electrons. The number of sulfone groups is 1. The summed E-state index contributed by atoms with van der Waals surface area (Å²) >= 11 is 0.733. The van der Waals surface area contributed by atoms with Crippen LogP contribution in [0, 0.1) is 11.0 Å². The Kier molecular flexibility index (Phi) is 5.98. The lowest BCUT2D eigenvalue weighted by molar-refractivity contribution is -0.118. The fourth-order valence-electron chi connectivity index (χ4n) is 3.92. The van der Waals surface area contributed by atoms with Crippen molar-refractivity contribution in [2.24, 2.45) is 11.7 Å². The quantitative estimate of drug-likeness (QED) is 0.650. The summed E-state index contributed by atoms with van der Waals surface area (Å²) in [6.07, 6.45) is 3.55. The largest absolute Gasteiger partial charge is 0.351 e. The number of halogens is 1. The Morgan fingerprint density at radius 3 is 2.52 bits per heavy atom. The smallest absolute Gasteiger partial charge is 0.314 e. The summed E-state index contributed by atoms with van der Waals surface area (Å²) in [7, 11) is -3.32. The predicted octanol–water partition coefficient (Wildman–Crippen LogP) is 2.73. The summed E-state index contributed by atoms with van der Waals surface area (Å²) in [5, 5.41) is 1.99. The van der Waals surface area contributed by atoms with Gasteiger partial charge in [-0.1, -0.05) is 23.5 Å². The Morgan fingerprint density at radius 1 is 1.26 bits per heavy atom. The molecule has 1 aromatic heterocycles. The van der Waals surface area contributed by atoms with E-state index in [2.05, 4.69) is 10.3 Å². The maximum Gasteiger partial charge on any atom is 0.314 e. The lowest BCUT2D eigenvalue weighted by atomic mass is 9.87. The molecule has 1 saturated carbocycles. The number of carbonyl (C=O) groups is 2. The zero-order valence-electron chi connectivity index (χ0n) is 16.7. The zero-order valence-corrected chi connectivity index (χ0v) is 18.3. The number of aromatic nitrogens is 1. The number of anilines is 1. The third-order valence-corrected chi connectivity index (χ3v) is 8.74. The maximum absolute atomic E-state index is 13.3. The van der Waals surface area contributed by atoms with Gasteiger partial charge in [-0.15, -0.1) is 0 Å². The molecule has 3 amide bonds. The summed E-state index contributed by atoms with van der Waals surface area (Å²) in [4.78, 5) is 30.1. The molecule has 1 saturated heterocycles. The predicted molar refractivity (Wildman–Crippen MR) is 114 cm³/mol. The van der Waals surface area contributed by atoms with Gasteiger partial charge in [-0.2, -0.15) is 4.39 Å². The summed E-state index contributed by atoms with van der Waals surface area (Å²) in [5.74, 6) is -0.904. The molecule has 2 atom stereocenters. The highest BCUT2D eigenvalue weighted by molar-refractivity contribution is 7.92. The van der Waals surface area contributed by atoms with Gasteiger partial charge in [0.15, 0.2) is 20.1 Å². The number of likely N-dealkylation sites (tertiary alicyclic amines) is 1. The van der Waals surface area contributed by atoms with Crippen LogP contribution in [0.15, 0.2) is 35.4 Å². The van der Waals surface area contributed by atoms with Gasteiger partial charge in [-0.25, -0.2) is 18.2 Å². The van der Waals surface area contributed by atoms with Gasteiger partial charge < -0.3 is 16.0 Å². The number of carbonyl (C=O) groups excluding carboxylic acids is 2. The molecule has 11 heteroatoms. The van der Waals surface area contributed by atoms with Crippen molar-refractivity contribution in [1.29, 1.82) is 0 Å². The van der Waals surface area contributed by atoms with Crippen LogP contribution in [0.3, 0.4) is 0 Å². The Morgan fingerprint density at radius 2 is 1.97 bits per heavy atom. The van der Waals surface area contributed by atoms with Crippen molar-refractivity contribution in [3.63, 3.8) is 0 Å². The summed E-state index contributed by atoms with van der Waals surface area (Å²) in [6, 6.07) is 5.90. The van der Waals surface area contributed by atoms with Crippen molar-refractivity contribution in [2.45, 2.75) is 41.7 Å². The molecule has 31 heavy (non-hydrogen) atoms. The van der Waals surface area contributed by atoms with E-state index in [9.17, 15) is 22.4 Å². The highest BCUT2D eigenvalue weighted by Crippen LogP contribution is 2.35. The molecule has 2 heterocycles. The third kappa shape index (κ3) is 4.87. The van der Waals surface area contributed by atoms with Crippen LogP contribution in [0.2, 0.25) is 0 Å². The fourth-order valence-corrected chi connectivity index (χ4v) is 6.12. The lowest BCUT2D eigenvalue weighted by Gasteiger charge is -2.21. The minimum atomic E-state index is -3.32. The van der Waals surface area contributed by atoms with Crippen molar-refractivity contribution in [1.82, 2.24) is 9.88 Å². The number of nitrogens with zero attached hydrogens (tertiary/aromatic N) is 2. The molecule has 2 aromatic rings. The van der Waals surface area contributed by atoms with E-state index in [1.54, 1.807) is 17.0 Å². The SMILES string of the molecule is NC(=O)N1CCC(CC(C(=O)Nc2ncc(F)s2)c2ccc(S(=O)(=O)C3CC3)cc2)C1. The van der Waals surface area contributed by atoms with Crippen LogP contribution in [-0.4, -0.2) is 48.6 Å².